The van der Waals surface area contributed by atoms with Crippen molar-refractivity contribution in [3.63, 3.8) is 0 Å². The summed E-state index contributed by atoms with van der Waals surface area (Å²) in [6.45, 7) is 2.24. The van der Waals surface area contributed by atoms with Crippen molar-refractivity contribution in [2.45, 2.75) is 18.9 Å². The molecule has 1 aliphatic rings. The summed E-state index contributed by atoms with van der Waals surface area (Å²) in [5.41, 5.74) is 2.06. The molecule has 0 bridgehead atoms. The van der Waals surface area contributed by atoms with Crippen molar-refractivity contribution in [1.82, 2.24) is 4.98 Å². The monoisotopic (exact) mass is 321 g/mol. The van der Waals surface area contributed by atoms with Crippen LogP contribution in [0, 0.1) is 0 Å². The summed E-state index contributed by atoms with van der Waals surface area (Å²) in [5.74, 6) is 2.10. The van der Waals surface area contributed by atoms with Gasteiger partial charge in [-0.2, -0.15) is 0 Å². The maximum atomic E-state index is 5.65. The summed E-state index contributed by atoms with van der Waals surface area (Å²) in [6, 6.07) is 4.09. The summed E-state index contributed by atoms with van der Waals surface area (Å²) < 4.78 is 27.2. The fraction of sp³-hybridized carbons (Fsp3) is 0.529. The molecule has 23 heavy (non-hydrogen) atoms. The number of H-pyrrole nitrogens is 1. The van der Waals surface area contributed by atoms with E-state index in [0.717, 1.165) is 41.7 Å². The second-order valence-electron chi connectivity index (χ2n) is 5.51. The number of rotatable bonds is 9. The van der Waals surface area contributed by atoms with Crippen molar-refractivity contribution in [2.75, 3.05) is 41.2 Å². The third-order valence-corrected chi connectivity index (χ3v) is 3.97. The van der Waals surface area contributed by atoms with Gasteiger partial charge in [-0.25, -0.2) is 0 Å². The Balaban J connectivity index is 1.76. The lowest BCUT2D eigenvalue weighted by Crippen LogP contribution is -2.04. The van der Waals surface area contributed by atoms with Crippen LogP contribution in [0.25, 0.3) is 10.9 Å². The Morgan fingerprint density at radius 3 is 2.57 bits per heavy atom. The number of hydrogen-bond acceptors (Lipinski definition) is 5. The van der Waals surface area contributed by atoms with Gasteiger partial charge in [-0.1, -0.05) is 6.07 Å². The highest BCUT2D eigenvalue weighted by Gasteiger charge is 2.22. The molecule has 0 radical (unpaired) electrons. The van der Waals surface area contributed by atoms with E-state index in [9.17, 15) is 0 Å². The van der Waals surface area contributed by atoms with Crippen molar-refractivity contribution in [3.8, 4) is 17.4 Å². The fourth-order valence-corrected chi connectivity index (χ4v) is 2.76. The third kappa shape index (κ3) is 3.38. The van der Waals surface area contributed by atoms with Crippen molar-refractivity contribution >= 4 is 10.9 Å². The van der Waals surface area contributed by atoms with E-state index in [1.165, 1.54) is 0 Å². The third-order valence-electron chi connectivity index (χ3n) is 3.97. The van der Waals surface area contributed by atoms with Crippen LogP contribution in [0.2, 0.25) is 0 Å². The number of epoxide rings is 1. The molecule has 1 N–H and O–H groups in total. The minimum absolute atomic E-state index is 0.317. The molecule has 126 valence electrons. The standard InChI is InChI=1S/C17H23NO5/c1-19-15-11(5-4-8-22-9-12-10-23-12)6-7-13-14(15)16(20-2)17(18-13)21-3/h6-7,12,18H,4-5,8-10H2,1-3H3. The second-order valence-corrected chi connectivity index (χ2v) is 5.51. The zero-order chi connectivity index (χ0) is 16.2. The van der Waals surface area contributed by atoms with Crippen LogP contribution in [0.4, 0.5) is 0 Å². The summed E-state index contributed by atoms with van der Waals surface area (Å²) in [7, 11) is 4.92. The van der Waals surface area contributed by atoms with Crippen LogP contribution in [0.15, 0.2) is 12.1 Å². The number of nitrogens with one attached hydrogen (secondary N) is 1. The van der Waals surface area contributed by atoms with Gasteiger partial charge in [0, 0.05) is 6.61 Å². The molecule has 1 saturated heterocycles. The molecule has 1 aliphatic heterocycles. The molecule has 1 aromatic carbocycles. The first kappa shape index (κ1) is 16.0. The normalized spacial score (nSPS) is 16.6. The van der Waals surface area contributed by atoms with Gasteiger partial charge in [0.2, 0.25) is 5.88 Å². The van der Waals surface area contributed by atoms with E-state index in [4.69, 9.17) is 23.7 Å². The van der Waals surface area contributed by atoms with E-state index in [2.05, 4.69) is 11.1 Å². The molecule has 6 heteroatoms. The molecule has 1 aromatic heterocycles. The highest BCUT2D eigenvalue weighted by molar-refractivity contribution is 5.95. The number of aromatic nitrogens is 1. The summed E-state index contributed by atoms with van der Waals surface area (Å²) in [4.78, 5) is 3.20. The fourth-order valence-electron chi connectivity index (χ4n) is 2.76. The van der Waals surface area contributed by atoms with Crippen LogP contribution in [0.3, 0.4) is 0 Å². The largest absolute Gasteiger partial charge is 0.496 e. The van der Waals surface area contributed by atoms with Gasteiger partial charge >= 0.3 is 0 Å². The highest BCUT2D eigenvalue weighted by Crippen LogP contribution is 2.42. The minimum atomic E-state index is 0.317. The van der Waals surface area contributed by atoms with E-state index in [1.807, 2.05) is 6.07 Å². The number of hydrogen-bond donors (Lipinski definition) is 1. The van der Waals surface area contributed by atoms with E-state index in [1.54, 1.807) is 21.3 Å². The Bertz CT molecular complexity index is 663. The van der Waals surface area contributed by atoms with Crippen molar-refractivity contribution in [3.05, 3.63) is 17.7 Å². The van der Waals surface area contributed by atoms with Crippen LogP contribution in [0.1, 0.15) is 12.0 Å². The van der Waals surface area contributed by atoms with Gasteiger partial charge in [0.15, 0.2) is 5.75 Å². The molecule has 1 unspecified atom stereocenters. The summed E-state index contributed by atoms with van der Waals surface area (Å²) in [6.07, 6.45) is 2.12. The number of methoxy groups -OCH3 is 3. The molecule has 0 aliphatic carbocycles. The van der Waals surface area contributed by atoms with Crippen LogP contribution >= 0.6 is 0 Å². The Labute approximate surface area is 135 Å². The van der Waals surface area contributed by atoms with Gasteiger partial charge in [0.1, 0.15) is 11.9 Å². The second kappa shape index (κ2) is 7.10. The first-order chi connectivity index (χ1) is 11.3. The quantitative estimate of drug-likeness (QED) is 0.568. The molecular formula is C17H23NO5. The molecule has 1 fully saturated rings. The van der Waals surface area contributed by atoms with Gasteiger partial charge in [-0.15, -0.1) is 0 Å². The number of aromatic amines is 1. The molecular weight excluding hydrogens is 298 g/mol. The maximum absolute atomic E-state index is 5.65. The van der Waals surface area contributed by atoms with Gasteiger partial charge in [-0.3, -0.25) is 0 Å². The first-order valence-electron chi connectivity index (χ1n) is 7.77. The average molecular weight is 321 g/mol. The van der Waals surface area contributed by atoms with Crippen molar-refractivity contribution < 1.29 is 23.7 Å². The minimum Gasteiger partial charge on any atom is -0.496 e. The van der Waals surface area contributed by atoms with E-state index in [-0.39, 0.29) is 0 Å². The lowest BCUT2D eigenvalue weighted by Gasteiger charge is -2.11. The summed E-state index contributed by atoms with van der Waals surface area (Å²) >= 11 is 0. The molecule has 6 nitrogen and oxygen atoms in total. The predicted molar refractivity (Wildman–Crippen MR) is 86.8 cm³/mol. The molecule has 1 atom stereocenters. The number of fused-ring (bicyclic) bond motifs is 1. The van der Waals surface area contributed by atoms with Crippen LogP contribution in [-0.4, -0.2) is 52.2 Å². The zero-order valence-electron chi connectivity index (χ0n) is 13.8. The molecule has 0 amide bonds. The molecule has 0 saturated carbocycles. The van der Waals surface area contributed by atoms with Crippen LogP contribution in [-0.2, 0) is 15.9 Å². The van der Waals surface area contributed by atoms with Crippen LogP contribution < -0.4 is 14.2 Å². The lowest BCUT2D eigenvalue weighted by molar-refractivity contribution is 0.114. The first-order valence-corrected chi connectivity index (χ1v) is 7.77. The predicted octanol–water partition coefficient (Wildman–Crippen LogP) is 2.54. The Morgan fingerprint density at radius 1 is 1.13 bits per heavy atom. The van der Waals surface area contributed by atoms with Gasteiger partial charge in [0.05, 0.1) is 45.4 Å². The molecule has 3 rings (SSSR count). The molecule has 0 spiro atoms. The average Bonchev–Trinajstić information content (AvgIpc) is 3.32. The topological polar surface area (TPSA) is 65.2 Å². The number of benzene rings is 1. The number of aryl methyl sites for hydroxylation is 1. The number of ether oxygens (including phenoxy) is 5. The van der Waals surface area contributed by atoms with Crippen LogP contribution in [0.5, 0.6) is 17.4 Å². The summed E-state index contributed by atoms with van der Waals surface area (Å²) in [5, 5.41) is 0.914. The Hall–Kier alpha value is -1.92. The SMILES string of the molecule is COc1[nH]c2ccc(CCCOCC3CO3)c(OC)c2c1OC. The van der Waals surface area contributed by atoms with Crippen molar-refractivity contribution in [1.29, 1.82) is 0 Å². The Kier molecular flexibility index (Phi) is 4.93. The van der Waals surface area contributed by atoms with E-state index < -0.39 is 0 Å². The zero-order valence-corrected chi connectivity index (χ0v) is 13.8. The molecule has 2 heterocycles. The van der Waals surface area contributed by atoms with E-state index >= 15 is 0 Å². The Morgan fingerprint density at radius 2 is 1.91 bits per heavy atom. The maximum Gasteiger partial charge on any atom is 0.235 e. The smallest absolute Gasteiger partial charge is 0.235 e. The molecule has 2 aromatic rings. The highest BCUT2D eigenvalue weighted by atomic mass is 16.6. The lowest BCUT2D eigenvalue weighted by atomic mass is 10.1. The van der Waals surface area contributed by atoms with Gasteiger partial charge in [0.25, 0.3) is 0 Å². The van der Waals surface area contributed by atoms with Gasteiger partial charge in [-0.05, 0) is 24.5 Å². The van der Waals surface area contributed by atoms with Gasteiger partial charge < -0.3 is 28.7 Å². The van der Waals surface area contributed by atoms with E-state index in [0.29, 0.717) is 30.9 Å². The van der Waals surface area contributed by atoms with Crippen molar-refractivity contribution in [2.24, 2.45) is 0 Å².